The second-order valence-electron chi connectivity index (χ2n) is 4.78. The first-order valence-electron chi connectivity index (χ1n) is 6.25. The summed E-state index contributed by atoms with van der Waals surface area (Å²) >= 11 is 0. The van der Waals surface area contributed by atoms with Crippen molar-refractivity contribution in [3.05, 3.63) is 11.6 Å². The molecule has 0 N–H and O–H groups in total. The molecule has 0 saturated heterocycles. The molecule has 0 bridgehead atoms. The molecule has 2 nitrogen and oxygen atoms in total. The molecule has 2 heteroatoms. The van der Waals surface area contributed by atoms with Crippen LogP contribution in [0.5, 0.6) is 0 Å². The van der Waals surface area contributed by atoms with Crippen LogP contribution in [0.4, 0.5) is 0 Å². The number of aldehydes is 1. The monoisotopic (exact) mass is 226 g/mol. The summed E-state index contributed by atoms with van der Waals surface area (Å²) in [5.41, 5.74) is 1.33. The van der Waals surface area contributed by atoms with Gasteiger partial charge in [0.2, 0.25) is 0 Å². The highest BCUT2D eigenvalue weighted by atomic mass is 16.5. The standard InChI is InChI=1S/C14H26O2/c1-5-14(4,10-8-9-13(2)3)16-12-7-6-11-15/h9,11H,5-8,10,12H2,1-4H3. The van der Waals surface area contributed by atoms with E-state index in [1.165, 1.54) is 5.57 Å². The third-order valence-corrected chi connectivity index (χ3v) is 2.89. The van der Waals surface area contributed by atoms with Gasteiger partial charge in [0.15, 0.2) is 0 Å². The first-order valence-corrected chi connectivity index (χ1v) is 6.25. The highest BCUT2D eigenvalue weighted by molar-refractivity contribution is 5.48. The van der Waals surface area contributed by atoms with Crippen molar-refractivity contribution in [2.75, 3.05) is 6.61 Å². The Morgan fingerprint density at radius 2 is 2.00 bits per heavy atom. The molecule has 0 heterocycles. The van der Waals surface area contributed by atoms with E-state index in [4.69, 9.17) is 4.74 Å². The Balaban J connectivity index is 3.90. The molecule has 0 aliphatic carbocycles. The molecule has 16 heavy (non-hydrogen) atoms. The quantitative estimate of drug-likeness (QED) is 0.338. The summed E-state index contributed by atoms with van der Waals surface area (Å²) in [6.45, 7) is 9.25. The normalized spacial score (nSPS) is 14.2. The first-order chi connectivity index (χ1) is 7.54. The van der Waals surface area contributed by atoms with Crippen molar-refractivity contribution in [1.29, 1.82) is 0 Å². The van der Waals surface area contributed by atoms with Crippen LogP contribution in [-0.4, -0.2) is 18.5 Å². The van der Waals surface area contributed by atoms with E-state index in [9.17, 15) is 4.79 Å². The van der Waals surface area contributed by atoms with E-state index >= 15 is 0 Å². The van der Waals surface area contributed by atoms with E-state index in [0.717, 1.165) is 32.0 Å². The molecule has 0 aromatic carbocycles. The molecule has 0 aliphatic rings. The fourth-order valence-corrected chi connectivity index (χ4v) is 1.50. The topological polar surface area (TPSA) is 26.3 Å². The predicted molar refractivity (Wildman–Crippen MR) is 68.6 cm³/mol. The molecular weight excluding hydrogens is 200 g/mol. The number of carbonyl (C=O) groups excluding carboxylic acids is 1. The molecule has 1 unspecified atom stereocenters. The van der Waals surface area contributed by atoms with Gasteiger partial charge in [-0.3, -0.25) is 0 Å². The lowest BCUT2D eigenvalue weighted by Gasteiger charge is -2.28. The van der Waals surface area contributed by atoms with Crippen molar-refractivity contribution in [2.45, 2.75) is 65.4 Å². The molecular formula is C14H26O2. The number of ether oxygens (including phenoxy) is 1. The molecule has 0 spiro atoms. The number of allylic oxidation sites excluding steroid dienone is 2. The van der Waals surface area contributed by atoms with Crippen LogP contribution in [0.1, 0.15) is 59.8 Å². The summed E-state index contributed by atoms with van der Waals surface area (Å²) in [6.07, 6.45) is 7.79. The highest BCUT2D eigenvalue weighted by Gasteiger charge is 2.21. The van der Waals surface area contributed by atoms with E-state index < -0.39 is 0 Å². The van der Waals surface area contributed by atoms with Crippen molar-refractivity contribution in [1.82, 2.24) is 0 Å². The number of hydrogen-bond acceptors (Lipinski definition) is 2. The van der Waals surface area contributed by atoms with Crippen molar-refractivity contribution in [3.63, 3.8) is 0 Å². The predicted octanol–water partition coefficient (Wildman–Crippen LogP) is 3.90. The Kier molecular flexibility index (Phi) is 8.18. The summed E-state index contributed by atoms with van der Waals surface area (Å²) in [5, 5.41) is 0. The van der Waals surface area contributed by atoms with Crippen LogP contribution in [0.15, 0.2) is 11.6 Å². The van der Waals surface area contributed by atoms with E-state index in [2.05, 4.69) is 33.8 Å². The summed E-state index contributed by atoms with van der Waals surface area (Å²) in [6, 6.07) is 0. The van der Waals surface area contributed by atoms with Crippen LogP contribution in [0.25, 0.3) is 0 Å². The zero-order valence-electron chi connectivity index (χ0n) is 11.2. The van der Waals surface area contributed by atoms with E-state index in [1.54, 1.807) is 0 Å². The summed E-state index contributed by atoms with van der Waals surface area (Å²) in [4.78, 5) is 10.2. The fraction of sp³-hybridized carbons (Fsp3) is 0.786. The van der Waals surface area contributed by atoms with E-state index in [1.807, 2.05) is 0 Å². The van der Waals surface area contributed by atoms with Gasteiger partial charge in [0.05, 0.1) is 5.60 Å². The Labute approximate surface area is 100 Å². The Hall–Kier alpha value is -0.630. The van der Waals surface area contributed by atoms with Gasteiger partial charge in [-0.25, -0.2) is 0 Å². The Morgan fingerprint density at radius 3 is 2.50 bits per heavy atom. The third kappa shape index (κ3) is 7.63. The second-order valence-corrected chi connectivity index (χ2v) is 4.78. The van der Waals surface area contributed by atoms with Gasteiger partial charge in [0.25, 0.3) is 0 Å². The largest absolute Gasteiger partial charge is 0.375 e. The van der Waals surface area contributed by atoms with Crippen molar-refractivity contribution >= 4 is 6.29 Å². The SMILES string of the molecule is CCC(C)(CCC=C(C)C)OCCCC=O. The molecule has 0 fully saturated rings. The van der Waals surface area contributed by atoms with Gasteiger partial charge in [-0.1, -0.05) is 18.6 Å². The number of hydrogen-bond donors (Lipinski definition) is 0. The highest BCUT2D eigenvalue weighted by Crippen LogP contribution is 2.22. The van der Waals surface area contributed by atoms with Crippen LogP contribution in [0.3, 0.4) is 0 Å². The van der Waals surface area contributed by atoms with Crippen LogP contribution in [0, 0.1) is 0 Å². The van der Waals surface area contributed by atoms with Crippen molar-refractivity contribution in [3.8, 4) is 0 Å². The van der Waals surface area contributed by atoms with Gasteiger partial charge < -0.3 is 9.53 Å². The average Bonchev–Trinajstić information content (AvgIpc) is 2.24. The molecule has 0 rings (SSSR count). The molecule has 0 radical (unpaired) electrons. The smallest absolute Gasteiger partial charge is 0.120 e. The van der Waals surface area contributed by atoms with E-state index in [-0.39, 0.29) is 5.60 Å². The number of carbonyl (C=O) groups is 1. The van der Waals surface area contributed by atoms with Gasteiger partial charge >= 0.3 is 0 Å². The lowest BCUT2D eigenvalue weighted by Crippen LogP contribution is -2.28. The van der Waals surface area contributed by atoms with Gasteiger partial charge in [-0.15, -0.1) is 0 Å². The van der Waals surface area contributed by atoms with Crippen LogP contribution in [0.2, 0.25) is 0 Å². The first kappa shape index (κ1) is 15.4. The minimum atomic E-state index is -0.0329. The molecule has 0 amide bonds. The lowest BCUT2D eigenvalue weighted by molar-refractivity contribution is -0.108. The molecule has 1 atom stereocenters. The molecule has 0 aliphatic heterocycles. The Bertz CT molecular complexity index is 217. The minimum Gasteiger partial charge on any atom is -0.375 e. The summed E-state index contributed by atoms with van der Waals surface area (Å²) < 4.78 is 5.87. The maximum Gasteiger partial charge on any atom is 0.120 e. The summed E-state index contributed by atoms with van der Waals surface area (Å²) in [7, 11) is 0. The number of rotatable bonds is 9. The van der Waals surface area contributed by atoms with Crippen LogP contribution in [-0.2, 0) is 9.53 Å². The molecule has 94 valence electrons. The maximum atomic E-state index is 10.2. The summed E-state index contributed by atoms with van der Waals surface area (Å²) in [5.74, 6) is 0. The third-order valence-electron chi connectivity index (χ3n) is 2.89. The van der Waals surface area contributed by atoms with Crippen LogP contribution >= 0.6 is 0 Å². The van der Waals surface area contributed by atoms with Crippen molar-refractivity contribution < 1.29 is 9.53 Å². The average molecular weight is 226 g/mol. The maximum absolute atomic E-state index is 10.2. The molecule has 0 saturated carbocycles. The zero-order valence-corrected chi connectivity index (χ0v) is 11.2. The second kappa shape index (κ2) is 8.51. The Morgan fingerprint density at radius 1 is 1.31 bits per heavy atom. The number of unbranched alkanes of at least 4 members (excludes halogenated alkanes) is 1. The molecule has 0 aromatic rings. The van der Waals surface area contributed by atoms with Gasteiger partial charge in [0.1, 0.15) is 6.29 Å². The minimum absolute atomic E-state index is 0.0329. The van der Waals surface area contributed by atoms with Gasteiger partial charge in [-0.2, -0.15) is 0 Å². The zero-order chi connectivity index (χ0) is 12.4. The van der Waals surface area contributed by atoms with E-state index in [0.29, 0.717) is 13.0 Å². The van der Waals surface area contributed by atoms with Gasteiger partial charge in [0, 0.05) is 13.0 Å². The van der Waals surface area contributed by atoms with Crippen LogP contribution < -0.4 is 0 Å². The van der Waals surface area contributed by atoms with Gasteiger partial charge in [-0.05, 0) is 46.5 Å². The lowest BCUT2D eigenvalue weighted by atomic mass is 9.96. The van der Waals surface area contributed by atoms with Crippen molar-refractivity contribution in [2.24, 2.45) is 0 Å². The fourth-order valence-electron chi connectivity index (χ4n) is 1.50. The molecule has 0 aromatic heterocycles.